The van der Waals surface area contributed by atoms with E-state index in [9.17, 15) is 19.5 Å². The van der Waals surface area contributed by atoms with Gasteiger partial charge in [0.05, 0.1) is 25.5 Å². The molecule has 1 aromatic rings. The maximum atomic E-state index is 12.7. The van der Waals surface area contributed by atoms with Gasteiger partial charge in [0.1, 0.15) is 5.56 Å². The number of amides is 1. The van der Waals surface area contributed by atoms with E-state index in [0.29, 0.717) is 13.1 Å². The SMILES string of the molecule is C=C(C(=O)OC)c1c(C(=O)O)c(OC)c2n1[C@@H](C)CN(CC)C2=O. The van der Waals surface area contributed by atoms with Crippen LogP contribution in [0.5, 0.6) is 5.75 Å². The molecular weight excluding hydrogens is 316 g/mol. The molecule has 0 aliphatic carbocycles. The van der Waals surface area contributed by atoms with Gasteiger partial charge in [-0.3, -0.25) is 4.79 Å². The molecule has 1 N–H and O–H groups in total. The number of carbonyl (C=O) groups excluding carboxylic acids is 2. The average Bonchev–Trinajstić information content (AvgIpc) is 2.92. The van der Waals surface area contributed by atoms with Gasteiger partial charge in [-0.2, -0.15) is 0 Å². The molecule has 0 spiro atoms. The van der Waals surface area contributed by atoms with Crippen LogP contribution in [-0.4, -0.2) is 59.7 Å². The molecule has 1 aliphatic rings. The Kier molecular flexibility index (Phi) is 4.68. The third kappa shape index (κ3) is 2.44. The zero-order valence-corrected chi connectivity index (χ0v) is 14.1. The summed E-state index contributed by atoms with van der Waals surface area (Å²) < 4.78 is 11.4. The van der Waals surface area contributed by atoms with Gasteiger partial charge in [0.2, 0.25) is 0 Å². The second-order valence-corrected chi connectivity index (χ2v) is 5.44. The number of esters is 1. The van der Waals surface area contributed by atoms with Crippen LogP contribution in [-0.2, 0) is 9.53 Å². The number of rotatable bonds is 5. The molecule has 1 aliphatic heterocycles. The second kappa shape index (κ2) is 6.38. The van der Waals surface area contributed by atoms with Gasteiger partial charge in [0, 0.05) is 19.1 Å². The zero-order chi connectivity index (χ0) is 18.2. The number of nitrogens with zero attached hydrogens (tertiary/aromatic N) is 2. The molecule has 130 valence electrons. The molecule has 0 fully saturated rings. The largest absolute Gasteiger partial charge is 0.493 e. The van der Waals surface area contributed by atoms with E-state index in [-0.39, 0.29) is 40.2 Å². The summed E-state index contributed by atoms with van der Waals surface area (Å²) >= 11 is 0. The Balaban J connectivity index is 2.86. The van der Waals surface area contributed by atoms with Gasteiger partial charge in [-0.15, -0.1) is 0 Å². The first-order valence-corrected chi connectivity index (χ1v) is 7.42. The van der Waals surface area contributed by atoms with E-state index in [1.54, 1.807) is 4.90 Å². The highest BCUT2D eigenvalue weighted by Gasteiger charge is 2.40. The normalized spacial score (nSPS) is 16.6. The second-order valence-electron chi connectivity index (χ2n) is 5.44. The number of aromatic carboxylic acids is 1. The van der Waals surface area contributed by atoms with Crippen molar-refractivity contribution in [2.24, 2.45) is 0 Å². The molecular formula is C16H20N2O6. The number of carboxylic acid groups (broad SMARTS) is 1. The molecule has 8 heteroatoms. The van der Waals surface area contributed by atoms with E-state index in [1.807, 2.05) is 13.8 Å². The number of carboxylic acids is 1. The highest BCUT2D eigenvalue weighted by Crippen LogP contribution is 2.40. The molecule has 0 saturated heterocycles. The van der Waals surface area contributed by atoms with Crippen LogP contribution in [0.25, 0.3) is 5.57 Å². The number of ether oxygens (including phenoxy) is 2. The molecule has 1 amide bonds. The van der Waals surface area contributed by atoms with Crippen molar-refractivity contribution in [1.82, 2.24) is 9.47 Å². The molecule has 1 atom stereocenters. The lowest BCUT2D eigenvalue weighted by molar-refractivity contribution is -0.133. The van der Waals surface area contributed by atoms with E-state index in [4.69, 9.17) is 4.74 Å². The average molecular weight is 336 g/mol. The molecule has 0 bridgehead atoms. The molecule has 0 saturated carbocycles. The highest BCUT2D eigenvalue weighted by atomic mass is 16.5. The fourth-order valence-corrected chi connectivity index (χ4v) is 3.03. The molecule has 8 nitrogen and oxygen atoms in total. The zero-order valence-electron chi connectivity index (χ0n) is 14.1. The number of methoxy groups -OCH3 is 2. The van der Waals surface area contributed by atoms with Crippen LogP contribution < -0.4 is 4.74 Å². The predicted octanol–water partition coefficient (Wildman–Crippen LogP) is 1.42. The highest BCUT2D eigenvalue weighted by molar-refractivity contribution is 6.19. The van der Waals surface area contributed by atoms with Crippen LogP contribution in [0.2, 0.25) is 0 Å². The van der Waals surface area contributed by atoms with Crippen molar-refractivity contribution in [3.8, 4) is 5.75 Å². The van der Waals surface area contributed by atoms with Crippen molar-refractivity contribution in [2.75, 3.05) is 27.3 Å². The fraction of sp³-hybridized carbons (Fsp3) is 0.438. The van der Waals surface area contributed by atoms with Crippen LogP contribution in [0.15, 0.2) is 6.58 Å². The maximum absolute atomic E-state index is 12.7. The summed E-state index contributed by atoms with van der Waals surface area (Å²) in [6, 6.07) is -0.254. The first kappa shape index (κ1) is 17.6. The van der Waals surface area contributed by atoms with Gasteiger partial charge in [0.15, 0.2) is 11.4 Å². The summed E-state index contributed by atoms with van der Waals surface area (Å²) in [5.41, 5.74) is -0.251. The van der Waals surface area contributed by atoms with E-state index < -0.39 is 11.9 Å². The smallest absolute Gasteiger partial charge is 0.341 e. The van der Waals surface area contributed by atoms with Crippen molar-refractivity contribution < 1.29 is 29.0 Å². The molecule has 1 aromatic heterocycles. The minimum atomic E-state index is -1.31. The topological polar surface area (TPSA) is 98.1 Å². The van der Waals surface area contributed by atoms with Crippen molar-refractivity contribution >= 4 is 23.4 Å². The van der Waals surface area contributed by atoms with Crippen LogP contribution >= 0.6 is 0 Å². The van der Waals surface area contributed by atoms with Gasteiger partial charge in [-0.05, 0) is 13.8 Å². The summed E-state index contributed by atoms with van der Waals surface area (Å²) in [7, 11) is 2.47. The Morgan fingerprint density at radius 3 is 2.46 bits per heavy atom. The Hall–Kier alpha value is -2.77. The monoisotopic (exact) mass is 336 g/mol. The summed E-state index contributed by atoms with van der Waals surface area (Å²) in [5, 5.41) is 9.61. The van der Waals surface area contributed by atoms with Gasteiger partial charge in [-0.25, -0.2) is 9.59 Å². The summed E-state index contributed by atoms with van der Waals surface area (Å²) in [5.74, 6) is -2.49. The maximum Gasteiger partial charge on any atom is 0.341 e. The van der Waals surface area contributed by atoms with E-state index in [2.05, 4.69) is 11.3 Å². The number of aromatic nitrogens is 1. The number of hydrogen-bond donors (Lipinski definition) is 1. The van der Waals surface area contributed by atoms with Crippen LogP contribution in [0.1, 0.15) is 46.4 Å². The lowest BCUT2D eigenvalue weighted by Gasteiger charge is -2.33. The first-order chi connectivity index (χ1) is 11.3. The van der Waals surface area contributed by atoms with E-state index >= 15 is 0 Å². The van der Waals surface area contributed by atoms with Gasteiger partial charge in [0.25, 0.3) is 5.91 Å². The van der Waals surface area contributed by atoms with E-state index in [1.165, 1.54) is 18.8 Å². The predicted molar refractivity (Wildman–Crippen MR) is 85.3 cm³/mol. The Labute approximate surface area is 139 Å². The number of carbonyl (C=O) groups is 3. The molecule has 2 rings (SSSR count). The fourth-order valence-electron chi connectivity index (χ4n) is 3.03. The third-order valence-corrected chi connectivity index (χ3v) is 4.09. The molecule has 2 heterocycles. The minimum Gasteiger partial charge on any atom is -0.493 e. The minimum absolute atomic E-state index is 0.0396. The Morgan fingerprint density at radius 1 is 1.38 bits per heavy atom. The van der Waals surface area contributed by atoms with Crippen LogP contribution in [0, 0.1) is 0 Å². The summed E-state index contributed by atoms with van der Waals surface area (Å²) in [6.45, 7) is 8.19. The van der Waals surface area contributed by atoms with Crippen molar-refractivity contribution in [1.29, 1.82) is 0 Å². The number of likely N-dealkylation sites (N-methyl/N-ethyl adjacent to an activating group) is 1. The summed E-state index contributed by atoms with van der Waals surface area (Å²) in [4.78, 5) is 38.0. The third-order valence-electron chi connectivity index (χ3n) is 4.09. The lowest BCUT2D eigenvalue weighted by Crippen LogP contribution is -2.42. The molecule has 0 unspecified atom stereocenters. The van der Waals surface area contributed by atoms with Crippen LogP contribution in [0.3, 0.4) is 0 Å². The van der Waals surface area contributed by atoms with Crippen LogP contribution in [0.4, 0.5) is 0 Å². The first-order valence-electron chi connectivity index (χ1n) is 7.42. The van der Waals surface area contributed by atoms with Gasteiger partial charge >= 0.3 is 11.9 Å². The number of fused-ring (bicyclic) bond motifs is 1. The number of hydrogen-bond acceptors (Lipinski definition) is 5. The standard InChI is InChI=1S/C16H20N2O6/c1-6-17-7-8(2)18-11(9(3)16(22)24-5)10(15(20)21)13(23-4)12(18)14(17)19/h8H,3,6-7H2,1-2,4-5H3,(H,20,21)/t8-/m0/s1. The Morgan fingerprint density at radius 2 is 2.00 bits per heavy atom. The molecule has 0 radical (unpaired) electrons. The van der Waals surface area contributed by atoms with Crippen molar-refractivity contribution in [3.63, 3.8) is 0 Å². The quantitative estimate of drug-likeness (QED) is 0.645. The van der Waals surface area contributed by atoms with Crippen molar-refractivity contribution in [2.45, 2.75) is 19.9 Å². The van der Waals surface area contributed by atoms with E-state index in [0.717, 1.165) is 0 Å². The Bertz CT molecular complexity index is 733. The van der Waals surface area contributed by atoms with Crippen molar-refractivity contribution in [3.05, 3.63) is 23.5 Å². The lowest BCUT2D eigenvalue weighted by atomic mass is 10.1. The molecule has 0 aromatic carbocycles. The van der Waals surface area contributed by atoms with Gasteiger partial charge < -0.3 is 24.0 Å². The van der Waals surface area contributed by atoms with Gasteiger partial charge in [-0.1, -0.05) is 6.58 Å². The summed E-state index contributed by atoms with van der Waals surface area (Å²) in [6.07, 6.45) is 0. The molecule has 24 heavy (non-hydrogen) atoms.